The van der Waals surface area contributed by atoms with Gasteiger partial charge in [0.05, 0.1) is 16.5 Å². The van der Waals surface area contributed by atoms with Gasteiger partial charge in [0.2, 0.25) is 0 Å². The molecule has 7 heteroatoms. The molecule has 6 nitrogen and oxygen atoms in total. The van der Waals surface area contributed by atoms with Crippen LogP contribution in [0, 0.1) is 16.7 Å². The van der Waals surface area contributed by atoms with Crippen molar-refractivity contribution in [3.8, 4) is 17.2 Å². The number of hydrogen-bond donors (Lipinski definition) is 2. The lowest BCUT2D eigenvalue weighted by Gasteiger charge is -2.36. The smallest absolute Gasteiger partial charge is 0.126 e. The van der Waals surface area contributed by atoms with Crippen LogP contribution in [0.25, 0.3) is 11.1 Å². The zero-order valence-corrected chi connectivity index (χ0v) is 23.4. The van der Waals surface area contributed by atoms with E-state index >= 15 is 0 Å². The topological polar surface area (TPSA) is 73.2 Å². The number of hydrogen-bond acceptors (Lipinski definition) is 6. The monoisotopic (exact) mass is 523 g/mol. The Morgan fingerprint density at radius 3 is 2.49 bits per heavy atom. The zero-order chi connectivity index (χ0) is 26.3. The number of benzene rings is 1. The van der Waals surface area contributed by atoms with Crippen LogP contribution in [0.15, 0.2) is 30.5 Å². The first-order valence-electron chi connectivity index (χ1n) is 14.0. The number of nitrogens with one attached hydrogen (secondary N) is 2. The van der Waals surface area contributed by atoms with Crippen LogP contribution in [0.1, 0.15) is 64.9 Å². The fourth-order valence-corrected chi connectivity index (χ4v) is 6.20. The number of aromatic nitrogens is 1. The molecule has 2 N–H and O–H groups in total. The molecule has 0 unspecified atom stereocenters. The van der Waals surface area contributed by atoms with E-state index in [-0.39, 0.29) is 5.41 Å². The summed E-state index contributed by atoms with van der Waals surface area (Å²) in [5.74, 6) is 0.886. The third kappa shape index (κ3) is 6.57. The predicted molar refractivity (Wildman–Crippen MR) is 153 cm³/mol. The van der Waals surface area contributed by atoms with Crippen molar-refractivity contribution < 1.29 is 4.74 Å². The minimum absolute atomic E-state index is 0.380. The summed E-state index contributed by atoms with van der Waals surface area (Å²) >= 11 is 6.71. The Balaban J connectivity index is 1.49. The quantitative estimate of drug-likeness (QED) is 0.358. The molecule has 2 aliphatic rings. The van der Waals surface area contributed by atoms with Crippen LogP contribution in [0.3, 0.4) is 0 Å². The minimum atomic E-state index is -0.380. The summed E-state index contributed by atoms with van der Waals surface area (Å²) in [7, 11) is 0. The van der Waals surface area contributed by atoms with Gasteiger partial charge in [-0.15, -0.1) is 0 Å². The molecule has 1 aliphatic heterocycles. The number of nitriles is 1. The highest BCUT2D eigenvalue weighted by Crippen LogP contribution is 2.37. The van der Waals surface area contributed by atoms with Gasteiger partial charge in [-0.3, -0.25) is 0 Å². The molecule has 0 atom stereocenters. The number of pyridine rings is 1. The van der Waals surface area contributed by atoms with Crippen molar-refractivity contribution in [1.29, 1.82) is 5.26 Å². The molecule has 0 radical (unpaired) electrons. The predicted octanol–water partition coefficient (Wildman–Crippen LogP) is 6.76. The summed E-state index contributed by atoms with van der Waals surface area (Å²) < 4.78 is 5.50. The van der Waals surface area contributed by atoms with E-state index in [0.29, 0.717) is 36.9 Å². The third-order valence-electron chi connectivity index (χ3n) is 8.36. The normalized spacial score (nSPS) is 21.4. The highest BCUT2D eigenvalue weighted by atomic mass is 35.5. The summed E-state index contributed by atoms with van der Waals surface area (Å²) in [6.45, 7) is 10.9. The molecule has 200 valence electrons. The zero-order valence-electron chi connectivity index (χ0n) is 22.7. The van der Waals surface area contributed by atoms with E-state index in [9.17, 15) is 5.26 Å². The van der Waals surface area contributed by atoms with E-state index in [4.69, 9.17) is 16.3 Å². The summed E-state index contributed by atoms with van der Waals surface area (Å²) in [6.07, 6.45) is 8.93. The van der Waals surface area contributed by atoms with Gasteiger partial charge >= 0.3 is 0 Å². The van der Waals surface area contributed by atoms with Crippen molar-refractivity contribution in [3.63, 3.8) is 0 Å². The van der Waals surface area contributed by atoms with E-state index < -0.39 is 0 Å². The highest BCUT2D eigenvalue weighted by Gasteiger charge is 2.33. The number of ether oxygens (including phenoxy) is 1. The largest absolute Gasteiger partial charge is 0.383 e. The van der Waals surface area contributed by atoms with Crippen molar-refractivity contribution in [2.45, 2.75) is 77.8 Å². The fraction of sp³-hybridized carbons (Fsp3) is 0.600. The number of nitrogens with zero attached hydrogens (tertiary/aromatic N) is 3. The second kappa shape index (κ2) is 13.0. The maximum absolute atomic E-state index is 9.87. The van der Waals surface area contributed by atoms with Crippen LogP contribution in [0.2, 0.25) is 5.02 Å². The Kier molecular flexibility index (Phi) is 9.70. The van der Waals surface area contributed by atoms with Gasteiger partial charge in [0, 0.05) is 49.3 Å². The summed E-state index contributed by atoms with van der Waals surface area (Å²) in [6, 6.07) is 12.1. The van der Waals surface area contributed by atoms with E-state index in [1.165, 1.54) is 18.4 Å². The lowest BCUT2D eigenvalue weighted by atomic mass is 9.81. The summed E-state index contributed by atoms with van der Waals surface area (Å²) in [5.41, 5.74) is 4.01. The molecule has 0 bridgehead atoms. The Morgan fingerprint density at radius 1 is 1.11 bits per heavy atom. The molecule has 0 amide bonds. The van der Waals surface area contributed by atoms with Gasteiger partial charge < -0.3 is 20.3 Å². The van der Waals surface area contributed by atoms with Gasteiger partial charge in [0.25, 0.3) is 0 Å². The van der Waals surface area contributed by atoms with Gasteiger partial charge in [0.1, 0.15) is 5.82 Å². The van der Waals surface area contributed by atoms with E-state index in [1.807, 2.05) is 0 Å². The second-order valence-electron chi connectivity index (χ2n) is 10.5. The van der Waals surface area contributed by atoms with Crippen LogP contribution >= 0.6 is 11.6 Å². The average Bonchev–Trinajstić information content (AvgIpc) is 2.94. The molecule has 2 fully saturated rings. The van der Waals surface area contributed by atoms with Crippen molar-refractivity contribution >= 4 is 23.1 Å². The number of anilines is 2. The molecule has 2 heterocycles. The van der Waals surface area contributed by atoms with Gasteiger partial charge in [-0.1, -0.05) is 44.5 Å². The first kappa shape index (κ1) is 27.7. The summed E-state index contributed by atoms with van der Waals surface area (Å²) in [4.78, 5) is 7.21. The maximum atomic E-state index is 9.87. The lowest BCUT2D eigenvalue weighted by molar-refractivity contribution is 0.0456. The molecule has 1 saturated carbocycles. The Labute approximate surface area is 227 Å². The van der Waals surface area contributed by atoms with E-state index in [0.717, 1.165) is 67.8 Å². The standard InChI is InChI=1S/C30H42ClN5O/c1-4-24-25(8-7-9-28(24)34-21-30(20-32)14-16-37-17-15-30)26-18-29(33-19-27(26)31)35-22-10-12-23(13-11-22)36(5-2)6-3/h7-9,18-19,22-23,34H,4-6,10-17,21H2,1-3H3,(H,33,35). The maximum Gasteiger partial charge on any atom is 0.126 e. The van der Waals surface area contributed by atoms with Gasteiger partial charge in [-0.25, -0.2) is 4.98 Å². The number of rotatable bonds is 10. The van der Waals surface area contributed by atoms with Crippen molar-refractivity contribution in [1.82, 2.24) is 9.88 Å². The molecule has 1 aliphatic carbocycles. The first-order chi connectivity index (χ1) is 18.0. The summed E-state index contributed by atoms with van der Waals surface area (Å²) in [5, 5.41) is 17.8. The third-order valence-corrected chi connectivity index (χ3v) is 8.66. The molecule has 37 heavy (non-hydrogen) atoms. The molecule has 0 spiro atoms. The van der Waals surface area contributed by atoms with Crippen LogP contribution in [0.5, 0.6) is 0 Å². The van der Waals surface area contributed by atoms with E-state index in [1.54, 1.807) is 6.20 Å². The highest BCUT2D eigenvalue weighted by molar-refractivity contribution is 6.33. The first-order valence-corrected chi connectivity index (χ1v) is 14.4. The molecule has 4 rings (SSSR count). The van der Waals surface area contributed by atoms with Crippen molar-refractivity contribution in [2.24, 2.45) is 5.41 Å². The van der Waals surface area contributed by atoms with E-state index in [2.05, 4.69) is 71.6 Å². The Hall–Kier alpha value is -2.33. The molecule has 1 aromatic carbocycles. The second-order valence-corrected chi connectivity index (χ2v) is 10.9. The van der Waals surface area contributed by atoms with Crippen LogP contribution < -0.4 is 10.6 Å². The lowest BCUT2D eigenvalue weighted by Crippen LogP contribution is -2.40. The molecule has 1 saturated heterocycles. The molecular formula is C30H42ClN5O. The van der Waals surface area contributed by atoms with Crippen LogP contribution in [-0.4, -0.2) is 54.8 Å². The minimum Gasteiger partial charge on any atom is -0.383 e. The fourth-order valence-electron chi connectivity index (χ4n) is 6.00. The SMILES string of the molecule is CCc1c(NCC2(C#N)CCOCC2)cccc1-c1cc(NC2CCC(N(CC)CC)CC2)ncc1Cl. The van der Waals surface area contributed by atoms with Gasteiger partial charge in [-0.05, 0) is 81.3 Å². The van der Waals surface area contributed by atoms with Gasteiger partial charge in [-0.2, -0.15) is 5.26 Å². The van der Waals surface area contributed by atoms with Gasteiger partial charge in [0.15, 0.2) is 0 Å². The number of halogens is 1. The van der Waals surface area contributed by atoms with Crippen molar-refractivity contribution in [2.75, 3.05) is 43.5 Å². The van der Waals surface area contributed by atoms with Crippen molar-refractivity contribution in [3.05, 3.63) is 41.0 Å². The molecule has 1 aromatic heterocycles. The molecule has 2 aromatic rings. The molecular weight excluding hydrogens is 482 g/mol. The van der Waals surface area contributed by atoms with Crippen LogP contribution in [0.4, 0.5) is 11.5 Å². The average molecular weight is 524 g/mol. The Morgan fingerprint density at radius 2 is 1.84 bits per heavy atom. The van der Waals surface area contributed by atoms with Crippen LogP contribution in [-0.2, 0) is 11.2 Å². The Bertz CT molecular complexity index is 1070.